The molecule has 1 aromatic carbocycles. The Morgan fingerprint density at radius 1 is 1.26 bits per heavy atom. The van der Waals surface area contributed by atoms with Gasteiger partial charge < -0.3 is 11.1 Å². The number of alkyl halides is 3. The third-order valence-electron chi connectivity index (χ3n) is 4.25. The standard InChI is InChI=1S/C17H13F3N4O2S/c18-17(19,20)8-1-5-10(6-2-8)24-16(26)12-11(7-27-14(12)21)13(23-24)15(25)22-9-3-4-9/h1-2,5-7,9H,3-4,21H2,(H,22,25). The van der Waals surface area contributed by atoms with Crippen molar-refractivity contribution in [2.24, 2.45) is 0 Å². The fourth-order valence-corrected chi connectivity index (χ4v) is 3.48. The van der Waals surface area contributed by atoms with Gasteiger partial charge in [-0.25, -0.2) is 0 Å². The molecule has 0 spiro atoms. The highest BCUT2D eigenvalue weighted by Crippen LogP contribution is 2.30. The Bertz CT molecular complexity index is 1100. The second-order valence-electron chi connectivity index (χ2n) is 6.25. The van der Waals surface area contributed by atoms with E-state index in [0.717, 1.165) is 53.1 Å². The summed E-state index contributed by atoms with van der Waals surface area (Å²) in [6.07, 6.45) is -2.74. The van der Waals surface area contributed by atoms with E-state index in [0.29, 0.717) is 5.39 Å². The zero-order chi connectivity index (χ0) is 19.3. The first kappa shape index (κ1) is 17.5. The highest BCUT2D eigenvalue weighted by atomic mass is 32.1. The molecule has 2 aromatic heterocycles. The number of halogens is 3. The lowest BCUT2D eigenvalue weighted by Crippen LogP contribution is -2.31. The molecule has 3 N–H and O–H groups in total. The summed E-state index contributed by atoms with van der Waals surface area (Å²) in [5, 5.41) is 9.19. The van der Waals surface area contributed by atoms with Gasteiger partial charge in [0, 0.05) is 16.8 Å². The van der Waals surface area contributed by atoms with Gasteiger partial charge in [0.05, 0.1) is 21.6 Å². The first-order chi connectivity index (χ1) is 12.8. The Hall–Kier alpha value is -2.88. The van der Waals surface area contributed by atoms with E-state index in [9.17, 15) is 22.8 Å². The van der Waals surface area contributed by atoms with Crippen LogP contribution in [0.2, 0.25) is 0 Å². The van der Waals surface area contributed by atoms with E-state index in [1.165, 1.54) is 0 Å². The monoisotopic (exact) mass is 394 g/mol. The van der Waals surface area contributed by atoms with Crippen LogP contribution in [-0.4, -0.2) is 21.7 Å². The molecule has 0 atom stereocenters. The predicted octanol–water partition coefficient (Wildman–Crippen LogP) is 2.94. The van der Waals surface area contributed by atoms with E-state index in [2.05, 4.69) is 10.4 Å². The molecule has 27 heavy (non-hydrogen) atoms. The Kier molecular flexibility index (Phi) is 3.95. The van der Waals surface area contributed by atoms with E-state index in [1.54, 1.807) is 5.38 Å². The highest BCUT2D eigenvalue weighted by Gasteiger charge is 2.30. The zero-order valence-corrected chi connectivity index (χ0v) is 14.5. The number of aromatic nitrogens is 2. The summed E-state index contributed by atoms with van der Waals surface area (Å²) in [6.45, 7) is 0. The fraction of sp³-hybridized carbons (Fsp3) is 0.235. The summed E-state index contributed by atoms with van der Waals surface area (Å²) >= 11 is 1.10. The number of fused-ring (bicyclic) bond motifs is 1. The first-order valence-corrected chi connectivity index (χ1v) is 8.92. The molecule has 140 valence electrons. The number of hydrogen-bond donors (Lipinski definition) is 2. The van der Waals surface area contributed by atoms with Crippen LogP contribution in [0.5, 0.6) is 0 Å². The number of rotatable bonds is 3. The average Bonchev–Trinajstić information content (AvgIpc) is 3.34. The van der Waals surface area contributed by atoms with Gasteiger partial charge >= 0.3 is 6.18 Å². The SMILES string of the molecule is Nc1scc2c(C(=O)NC3CC3)nn(-c3ccc(C(F)(F)F)cc3)c(=O)c12. The van der Waals surface area contributed by atoms with Crippen molar-refractivity contribution in [2.75, 3.05) is 5.73 Å². The number of nitrogens with two attached hydrogens (primary N) is 1. The van der Waals surface area contributed by atoms with Crippen LogP contribution >= 0.6 is 11.3 Å². The Morgan fingerprint density at radius 3 is 2.52 bits per heavy atom. The molecule has 0 bridgehead atoms. The molecular weight excluding hydrogens is 381 g/mol. The third kappa shape index (κ3) is 3.16. The summed E-state index contributed by atoms with van der Waals surface area (Å²) in [7, 11) is 0. The molecule has 0 aliphatic heterocycles. The second kappa shape index (κ2) is 6.08. The van der Waals surface area contributed by atoms with Crippen molar-refractivity contribution in [3.05, 3.63) is 51.3 Å². The maximum absolute atomic E-state index is 12.8. The van der Waals surface area contributed by atoms with Crippen molar-refractivity contribution < 1.29 is 18.0 Å². The van der Waals surface area contributed by atoms with Crippen LogP contribution in [0.15, 0.2) is 34.4 Å². The minimum absolute atomic E-state index is 0.0179. The molecule has 2 heterocycles. The quantitative estimate of drug-likeness (QED) is 0.715. The van der Waals surface area contributed by atoms with Crippen molar-refractivity contribution >= 4 is 33.0 Å². The highest BCUT2D eigenvalue weighted by molar-refractivity contribution is 7.15. The molecule has 0 unspecified atom stereocenters. The van der Waals surface area contributed by atoms with Crippen LogP contribution in [0.1, 0.15) is 28.9 Å². The molecule has 0 saturated heterocycles. The summed E-state index contributed by atoms with van der Waals surface area (Å²) < 4.78 is 39.2. The minimum Gasteiger partial charge on any atom is -0.390 e. The van der Waals surface area contributed by atoms with Crippen molar-refractivity contribution in [3.8, 4) is 5.69 Å². The molecule has 1 aliphatic carbocycles. The van der Waals surface area contributed by atoms with Gasteiger partial charge in [-0.15, -0.1) is 11.3 Å². The number of benzene rings is 1. The number of carbonyl (C=O) groups is 1. The van der Waals surface area contributed by atoms with E-state index in [4.69, 9.17) is 5.73 Å². The number of carbonyl (C=O) groups excluding carboxylic acids is 1. The van der Waals surface area contributed by atoms with Crippen LogP contribution in [0.25, 0.3) is 16.5 Å². The van der Waals surface area contributed by atoms with Crippen LogP contribution in [0, 0.1) is 0 Å². The zero-order valence-electron chi connectivity index (χ0n) is 13.7. The van der Waals surface area contributed by atoms with Crippen molar-refractivity contribution in [3.63, 3.8) is 0 Å². The van der Waals surface area contributed by atoms with Crippen LogP contribution in [-0.2, 0) is 6.18 Å². The van der Waals surface area contributed by atoms with Gasteiger partial charge in [-0.1, -0.05) is 0 Å². The largest absolute Gasteiger partial charge is 0.416 e. The number of nitrogens with one attached hydrogen (secondary N) is 1. The lowest BCUT2D eigenvalue weighted by atomic mass is 10.2. The molecule has 10 heteroatoms. The van der Waals surface area contributed by atoms with Gasteiger partial charge in [0.2, 0.25) is 0 Å². The lowest BCUT2D eigenvalue weighted by molar-refractivity contribution is -0.137. The lowest BCUT2D eigenvalue weighted by Gasteiger charge is -2.11. The minimum atomic E-state index is -4.49. The summed E-state index contributed by atoms with van der Waals surface area (Å²) in [6, 6.07) is 4.06. The molecule has 4 rings (SSSR count). The Morgan fingerprint density at radius 2 is 1.93 bits per heavy atom. The third-order valence-corrected chi connectivity index (χ3v) is 5.06. The summed E-state index contributed by atoms with van der Waals surface area (Å²) in [5.41, 5.74) is 4.58. The molecule has 1 aliphatic rings. The fourth-order valence-electron chi connectivity index (χ4n) is 2.69. The molecule has 0 radical (unpaired) electrons. The van der Waals surface area contributed by atoms with Crippen molar-refractivity contribution in [1.29, 1.82) is 0 Å². The van der Waals surface area contributed by atoms with E-state index in [1.807, 2.05) is 0 Å². The number of thiophene rings is 1. The maximum Gasteiger partial charge on any atom is 0.416 e. The molecule has 1 amide bonds. The predicted molar refractivity (Wildman–Crippen MR) is 95.1 cm³/mol. The number of hydrogen-bond acceptors (Lipinski definition) is 5. The van der Waals surface area contributed by atoms with Gasteiger partial charge in [-0.3, -0.25) is 9.59 Å². The number of amides is 1. The normalized spacial score (nSPS) is 14.5. The average molecular weight is 394 g/mol. The Balaban J connectivity index is 1.87. The summed E-state index contributed by atoms with van der Waals surface area (Å²) in [4.78, 5) is 25.3. The van der Waals surface area contributed by atoms with E-state index < -0.39 is 23.2 Å². The maximum atomic E-state index is 12.8. The van der Waals surface area contributed by atoms with Gasteiger partial charge in [0.15, 0.2) is 5.69 Å². The van der Waals surface area contributed by atoms with Crippen LogP contribution in [0.4, 0.5) is 18.2 Å². The van der Waals surface area contributed by atoms with Crippen molar-refractivity contribution in [2.45, 2.75) is 25.1 Å². The Labute approximate surface area is 154 Å². The molecule has 6 nitrogen and oxygen atoms in total. The van der Waals surface area contributed by atoms with Crippen LogP contribution < -0.4 is 16.6 Å². The van der Waals surface area contributed by atoms with Gasteiger partial charge in [0.1, 0.15) is 0 Å². The van der Waals surface area contributed by atoms with Gasteiger partial charge in [-0.05, 0) is 37.1 Å². The first-order valence-electron chi connectivity index (χ1n) is 8.04. The molecule has 1 saturated carbocycles. The van der Waals surface area contributed by atoms with E-state index in [-0.39, 0.29) is 27.8 Å². The van der Waals surface area contributed by atoms with E-state index >= 15 is 0 Å². The van der Waals surface area contributed by atoms with Gasteiger partial charge in [-0.2, -0.15) is 23.0 Å². The van der Waals surface area contributed by atoms with Crippen molar-refractivity contribution in [1.82, 2.24) is 15.1 Å². The number of anilines is 1. The topological polar surface area (TPSA) is 90.0 Å². The molecule has 3 aromatic rings. The van der Waals surface area contributed by atoms with Gasteiger partial charge in [0.25, 0.3) is 11.5 Å². The van der Waals surface area contributed by atoms with Crippen LogP contribution in [0.3, 0.4) is 0 Å². The number of nitrogens with zero attached hydrogens (tertiary/aromatic N) is 2. The molecule has 1 fully saturated rings. The number of nitrogen functional groups attached to an aromatic ring is 1. The smallest absolute Gasteiger partial charge is 0.390 e. The molecular formula is C17H13F3N4O2S. The second-order valence-corrected chi connectivity index (χ2v) is 7.16. The summed E-state index contributed by atoms with van der Waals surface area (Å²) in [5.74, 6) is -0.444.